The number of carboxylic acids is 1. The van der Waals surface area contributed by atoms with Gasteiger partial charge in [-0.15, -0.1) is 0 Å². The van der Waals surface area contributed by atoms with Crippen molar-refractivity contribution < 1.29 is 23.1 Å². The Labute approximate surface area is 127 Å². The van der Waals surface area contributed by atoms with Gasteiger partial charge in [-0.2, -0.15) is 11.8 Å². The first kappa shape index (κ1) is 16.1. The Kier molecular flexibility index (Phi) is 5.13. The Bertz CT molecular complexity index is 623. The number of carbonyl (C=O) groups is 1. The first-order valence-electron chi connectivity index (χ1n) is 6.41. The second-order valence-corrected chi connectivity index (χ2v) is 7.56. The van der Waals surface area contributed by atoms with Crippen LogP contribution in [-0.4, -0.2) is 44.2 Å². The van der Waals surface area contributed by atoms with E-state index in [0.717, 1.165) is 17.9 Å². The van der Waals surface area contributed by atoms with Gasteiger partial charge in [0.05, 0.1) is 18.4 Å². The van der Waals surface area contributed by atoms with Gasteiger partial charge in [0, 0.05) is 11.8 Å². The van der Waals surface area contributed by atoms with Gasteiger partial charge in [-0.25, -0.2) is 13.1 Å². The van der Waals surface area contributed by atoms with Crippen molar-refractivity contribution in [2.75, 3.05) is 18.6 Å². The van der Waals surface area contributed by atoms with Gasteiger partial charge in [0.25, 0.3) is 0 Å². The van der Waals surface area contributed by atoms with Gasteiger partial charge in [0.1, 0.15) is 5.75 Å². The lowest BCUT2D eigenvalue weighted by atomic mass is 10.1. The third-order valence-corrected chi connectivity index (χ3v) is 5.93. The van der Waals surface area contributed by atoms with E-state index in [0.29, 0.717) is 5.75 Å². The molecule has 1 aliphatic rings. The number of rotatable bonds is 6. The van der Waals surface area contributed by atoms with Gasteiger partial charge in [0.15, 0.2) is 0 Å². The average molecular weight is 331 g/mol. The summed E-state index contributed by atoms with van der Waals surface area (Å²) in [5.41, 5.74) is 0.222. The quantitative estimate of drug-likeness (QED) is 0.811. The van der Waals surface area contributed by atoms with Crippen LogP contribution in [0.3, 0.4) is 0 Å². The Morgan fingerprint density at radius 2 is 2.29 bits per heavy atom. The highest BCUT2D eigenvalue weighted by Crippen LogP contribution is 2.24. The molecule has 116 valence electrons. The van der Waals surface area contributed by atoms with Crippen molar-refractivity contribution in [3.8, 4) is 5.75 Å². The summed E-state index contributed by atoms with van der Waals surface area (Å²) in [7, 11) is -2.28. The molecule has 1 aromatic carbocycles. The van der Waals surface area contributed by atoms with Gasteiger partial charge in [-0.05, 0) is 35.9 Å². The van der Waals surface area contributed by atoms with Gasteiger partial charge < -0.3 is 9.84 Å². The molecular formula is C13H17NO5S2. The number of thioether (sulfide) groups is 1. The number of nitrogens with one attached hydrogen (secondary N) is 1. The van der Waals surface area contributed by atoms with E-state index in [-0.39, 0.29) is 22.9 Å². The molecule has 0 bridgehead atoms. The van der Waals surface area contributed by atoms with E-state index in [1.54, 1.807) is 11.8 Å². The highest BCUT2D eigenvalue weighted by atomic mass is 32.2. The maximum atomic E-state index is 12.4. The Balaban J connectivity index is 2.33. The second-order valence-electron chi connectivity index (χ2n) is 4.73. The normalized spacial score (nSPS) is 18.6. The van der Waals surface area contributed by atoms with Crippen LogP contribution in [0.5, 0.6) is 5.75 Å². The third-order valence-electron chi connectivity index (χ3n) is 3.15. The van der Waals surface area contributed by atoms with Crippen molar-refractivity contribution in [2.24, 2.45) is 0 Å². The van der Waals surface area contributed by atoms with Crippen LogP contribution in [0, 0.1) is 0 Å². The molecule has 0 aliphatic carbocycles. The van der Waals surface area contributed by atoms with Crippen LogP contribution in [0.2, 0.25) is 0 Å². The number of methoxy groups -OCH3 is 1. The molecule has 1 heterocycles. The van der Waals surface area contributed by atoms with Crippen molar-refractivity contribution >= 4 is 27.8 Å². The molecule has 1 saturated heterocycles. The molecule has 1 aromatic rings. The molecule has 1 aliphatic heterocycles. The minimum Gasteiger partial charge on any atom is -0.497 e. The number of hydrogen-bond donors (Lipinski definition) is 2. The minimum atomic E-state index is -3.73. The fourth-order valence-electron chi connectivity index (χ4n) is 2.16. The van der Waals surface area contributed by atoms with Crippen LogP contribution >= 0.6 is 11.8 Å². The molecule has 1 unspecified atom stereocenters. The lowest BCUT2D eigenvalue weighted by molar-refractivity contribution is -0.136. The first-order chi connectivity index (χ1) is 9.92. The van der Waals surface area contributed by atoms with Crippen molar-refractivity contribution in [2.45, 2.75) is 23.8 Å². The number of carboxylic acid groups (broad SMARTS) is 1. The lowest BCUT2D eigenvalue weighted by Gasteiger charge is -2.15. The van der Waals surface area contributed by atoms with E-state index in [9.17, 15) is 13.2 Å². The maximum absolute atomic E-state index is 12.4. The topological polar surface area (TPSA) is 92.7 Å². The summed E-state index contributed by atoms with van der Waals surface area (Å²) >= 11 is 1.70. The van der Waals surface area contributed by atoms with E-state index in [1.807, 2.05) is 0 Å². The van der Waals surface area contributed by atoms with Crippen LogP contribution in [0.1, 0.15) is 12.0 Å². The molecule has 6 nitrogen and oxygen atoms in total. The molecule has 0 radical (unpaired) electrons. The fraction of sp³-hybridized carbons (Fsp3) is 0.462. The molecule has 0 saturated carbocycles. The standard InChI is InChI=1S/C13H17NO5S2/c1-19-11-2-3-12(9(6-11)7-13(15)16)21(17,18)14-10-4-5-20-8-10/h2-3,6,10,14H,4-5,7-8H2,1H3,(H,15,16). The summed E-state index contributed by atoms with van der Waals surface area (Å²) in [4.78, 5) is 10.9. The number of sulfonamides is 1. The smallest absolute Gasteiger partial charge is 0.307 e. The Hall–Kier alpha value is -1.25. The molecule has 8 heteroatoms. The summed E-state index contributed by atoms with van der Waals surface area (Å²) in [6.07, 6.45) is 0.418. The van der Waals surface area contributed by atoms with Crippen LogP contribution in [-0.2, 0) is 21.2 Å². The van der Waals surface area contributed by atoms with E-state index < -0.39 is 16.0 Å². The van der Waals surface area contributed by atoms with Crippen LogP contribution in [0.25, 0.3) is 0 Å². The minimum absolute atomic E-state index is 0.00241. The number of hydrogen-bond acceptors (Lipinski definition) is 5. The van der Waals surface area contributed by atoms with Gasteiger partial charge in [-0.3, -0.25) is 4.79 Å². The zero-order chi connectivity index (χ0) is 15.5. The van der Waals surface area contributed by atoms with E-state index in [2.05, 4.69) is 4.72 Å². The maximum Gasteiger partial charge on any atom is 0.307 e. The Morgan fingerprint density at radius 1 is 1.52 bits per heavy atom. The summed E-state index contributed by atoms with van der Waals surface area (Å²) in [6.45, 7) is 0. The van der Waals surface area contributed by atoms with Crippen molar-refractivity contribution in [1.82, 2.24) is 4.72 Å². The van der Waals surface area contributed by atoms with Gasteiger partial charge >= 0.3 is 5.97 Å². The molecule has 2 rings (SSSR count). The van der Waals surface area contributed by atoms with Crippen LogP contribution < -0.4 is 9.46 Å². The Morgan fingerprint density at radius 3 is 2.86 bits per heavy atom. The molecular weight excluding hydrogens is 314 g/mol. The highest BCUT2D eigenvalue weighted by molar-refractivity contribution is 7.99. The number of ether oxygens (including phenoxy) is 1. The molecule has 0 spiro atoms. The van der Waals surface area contributed by atoms with Crippen LogP contribution in [0.4, 0.5) is 0 Å². The van der Waals surface area contributed by atoms with Gasteiger partial charge in [0.2, 0.25) is 10.0 Å². The predicted octanol–water partition coefficient (Wildman–Crippen LogP) is 1.11. The highest BCUT2D eigenvalue weighted by Gasteiger charge is 2.26. The molecule has 21 heavy (non-hydrogen) atoms. The molecule has 1 atom stereocenters. The SMILES string of the molecule is COc1ccc(S(=O)(=O)NC2CCSC2)c(CC(=O)O)c1. The summed E-state index contributed by atoms with van der Waals surface area (Å²) in [5.74, 6) is 1.01. The fourth-order valence-corrected chi connectivity index (χ4v) is 4.90. The second kappa shape index (κ2) is 6.67. The summed E-state index contributed by atoms with van der Waals surface area (Å²) in [6, 6.07) is 4.26. The largest absolute Gasteiger partial charge is 0.497 e. The van der Waals surface area contributed by atoms with E-state index >= 15 is 0 Å². The summed E-state index contributed by atoms with van der Waals surface area (Å²) < 4.78 is 32.5. The monoisotopic (exact) mass is 331 g/mol. The summed E-state index contributed by atoms with van der Waals surface area (Å²) in [5, 5.41) is 8.95. The van der Waals surface area contributed by atoms with Crippen molar-refractivity contribution in [3.63, 3.8) is 0 Å². The van der Waals surface area contributed by atoms with Crippen molar-refractivity contribution in [1.29, 1.82) is 0 Å². The van der Waals surface area contributed by atoms with Crippen LogP contribution in [0.15, 0.2) is 23.1 Å². The van der Waals surface area contributed by atoms with Crippen molar-refractivity contribution in [3.05, 3.63) is 23.8 Å². The zero-order valence-corrected chi connectivity index (χ0v) is 13.2. The molecule has 0 aromatic heterocycles. The first-order valence-corrected chi connectivity index (χ1v) is 9.05. The zero-order valence-electron chi connectivity index (χ0n) is 11.5. The molecule has 2 N–H and O–H groups in total. The van der Waals surface area contributed by atoms with Gasteiger partial charge in [-0.1, -0.05) is 0 Å². The third kappa shape index (κ3) is 4.12. The molecule has 1 fully saturated rings. The van der Waals surface area contributed by atoms with E-state index in [4.69, 9.17) is 9.84 Å². The lowest BCUT2D eigenvalue weighted by Crippen LogP contribution is -2.35. The number of benzene rings is 1. The van der Waals surface area contributed by atoms with E-state index in [1.165, 1.54) is 25.3 Å². The predicted molar refractivity (Wildman–Crippen MR) is 80.4 cm³/mol. The average Bonchev–Trinajstić information content (AvgIpc) is 2.89. The molecule has 0 amide bonds. The number of aliphatic carboxylic acids is 1.